The van der Waals surface area contributed by atoms with Crippen molar-refractivity contribution in [2.75, 3.05) is 6.61 Å². The number of hydroxylamine groups is 2. The molecule has 1 N–H and O–H groups in total. The van der Waals surface area contributed by atoms with Gasteiger partial charge < -0.3 is 14.3 Å². The summed E-state index contributed by atoms with van der Waals surface area (Å²) in [6.07, 6.45) is 6.75. The van der Waals surface area contributed by atoms with E-state index in [1.165, 1.54) is 19.3 Å². The fourth-order valence-electron chi connectivity index (χ4n) is 6.43. The third-order valence-corrected chi connectivity index (χ3v) is 14.3. The van der Waals surface area contributed by atoms with E-state index in [9.17, 15) is 9.90 Å². The highest BCUT2D eigenvalue weighted by molar-refractivity contribution is 6.77. The number of aliphatic hydroxyl groups excluding tert-OH is 1. The van der Waals surface area contributed by atoms with E-state index in [1.54, 1.807) is 0 Å². The van der Waals surface area contributed by atoms with Gasteiger partial charge in [0.15, 0.2) is 0 Å². The molecule has 0 aromatic carbocycles. The van der Waals surface area contributed by atoms with Gasteiger partial charge in [-0.15, -0.1) is 0 Å². The summed E-state index contributed by atoms with van der Waals surface area (Å²) < 4.78 is 12.7. The van der Waals surface area contributed by atoms with Crippen LogP contribution in [-0.2, 0) is 18.8 Å². The van der Waals surface area contributed by atoms with Crippen molar-refractivity contribution in [3.8, 4) is 0 Å². The lowest BCUT2D eigenvalue weighted by atomic mass is 9.97. The van der Waals surface area contributed by atoms with Crippen molar-refractivity contribution in [2.24, 2.45) is 5.41 Å². The lowest BCUT2D eigenvalue weighted by Gasteiger charge is -2.45. The molecule has 2 rings (SSSR count). The largest absolute Gasteiger partial charge is 0.463 e. The number of aliphatic hydroxyl groups is 1. The molecule has 0 radical (unpaired) electrons. The van der Waals surface area contributed by atoms with E-state index in [2.05, 4.69) is 53.5 Å². The fourth-order valence-corrected chi connectivity index (χ4v) is 12.0. The second-order valence-electron chi connectivity index (χ2n) is 13.0. The molecule has 2 fully saturated rings. The minimum atomic E-state index is -2.09. The van der Waals surface area contributed by atoms with Gasteiger partial charge in [-0.05, 0) is 63.1 Å². The molecule has 0 aromatic heterocycles. The second kappa shape index (κ2) is 12.9. The molecule has 7 heteroatoms. The van der Waals surface area contributed by atoms with Crippen molar-refractivity contribution in [1.29, 1.82) is 0 Å². The van der Waals surface area contributed by atoms with Gasteiger partial charge in [0.2, 0.25) is 8.32 Å². The third kappa shape index (κ3) is 7.53. The SMILES string of the molecule is CCCCC[C@H]1C[C@@H]2C[C@H](O[Si](C(C)C)(C(C)C)C(C)C)[C@@H](C[C@@H](O)COC(=O)C(C)(C)C)N2O1. The van der Waals surface area contributed by atoms with Crippen molar-refractivity contribution in [3.63, 3.8) is 0 Å². The molecule has 0 bridgehead atoms. The van der Waals surface area contributed by atoms with Gasteiger partial charge >= 0.3 is 5.97 Å². The van der Waals surface area contributed by atoms with Crippen LogP contribution in [0.25, 0.3) is 0 Å². The minimum Gasteiger partial charge on any atom is -0.463 e. The number of nitrogens with zero attached hydrogens (tertiary/aromatic N) is 1. The number of hydrogen-bond donors (Lipinski definition) is 1. The van der Waals surface area contributed by atoms with Crippen LogP contribution in [0.1, 0.15) is 114 Å². The number of hydrogen-bond acceptors (Lipinski definition) is 6. The zero-order chi connectivity index (χ0) is 26.6. The van der Waals surface area contributed by atoms with E-state index >= 15 is 0 Å². The molecule has 2 aliphatic heterocycles. The van der Waals surface area contributed by atoms with Crippen LogP contribution in [0, 0.1) is 5.41 Å². The molecule has 2 saturated heterocycles. The Morgan fingerprint density at radius 2 is 1.66 bits per heavy atom. The summed E-state index contributed by atoms with van der Waals surface area (Å²) in [5, 5.41) is 13.1. The topological polar surface area (TPSA) is 68.2 Å². The Hall–Kier alpha value is -0.473. The van der Waals surface area contributed by atoms with Crippen LogP contribution in [0.5, 0.6) is 0 Å². The highest BCUT2D eigenvalue weighted by Crippen LogP contribution is 2.47. The van der Waals surface area contributed by atoms with E-state index in [-0.39, 0.29) is 30.8 Å². The summed E-state index contributed by atoms with van der Waals surface area (Å²) in [6.45, 7) is 21.6. The third-order valence-electron chi connectivity index (χ3n) is 8.15. The number of rotatable bonds is 13. The normalized spacial score (nSPS) is 26.7. The first kappa shape index (κ1) is 30.7. The van der Waals surface area contributed by atoms with Gasteiger partial charge in [-0.25, -0.2) is 0 Å². The molecule has 6 nitrogen and oxygen atoms in total. The Balaban J connectivity index is 2.19. The first-order valence-corrected chi connectivity index (χ1v) is 16.4. The van der Waals surface area contributed by atoms with E-state index in [0.29, 0.717) is 29.1 Å². The molecule has 5 atom stereocenters. The quantitative estimate of drug-likeness (QED) is 0.170. The van der Waals surface area contributed by atoms with E-state index in [0.717, 1.165) is 19.3 Å². The molecule has 35 heavy (non-hydrogen) atoms. The molecule has 0 unspecified atom stereocenters. The molecule has 0 amide bonds. The summed E-state index contributed by atoms with van der Waals surface area (Å²) in [5.41, 5.74) is 0.918. The average molecular weight is 514 g/mol. The van der Waals surface area contributed by atoms with Crippen LogP contribution < -0.4 is 0 Å². The minimum absolute atomic E-state index is 0.0128. The van der Waals surface area contributed by atoms with Crippen molar-refractivity contribution in [3.05, 3.63) is 0 Å². The standard InChI is InChI=1S/C28H55NO5Si/c1-11-12-13-14-24-15-22-16-26(34-35(19(2)3,20(4)5)21(6)7)25(29(22)33-24)17-23(30)18-32-27(31)28(8,9)10/h19-26,30H,11-18H2,1-10H3/t22-,23-,24+,25-,26+/m1/s1. The number of carbonyl (C=O) groups is 1. The van der Waals surface area contributed by atoms with E-state index < -0.39 is 19.8 Å². The Morgan fingerprint density at radius 1 is 1.06 bits per heavy atom. The zero-order valence-corrected chi connectivity index (χ0v) is 25.3. The molecule has 2 heterocycles. The van der Waals surface area contributed by atoms with Crippen LogP contribution in [0.4, 0.5) is 0 Å². The molecule has 0 aliphatic carbocycles. The van der Waals surface area contributed by atoms with Gasteiger partial charge in [0.05, 0.1) is 29.8 Å². The molecular formula is C28H55NO5Si. The summed E-state index contributed by atoms with van der Waals surface area (Å²) in [4.78, 5) is 18.7. The van der Waals surface area contributed by atoms with Gasteiger partial charge in [-0.2, -0.15) is 5.06 Å². The number of unbranched alkanes of at least 4 members (excludes halogenated alkanes) is 2. The average Bonchev–Trinajstić information content (AvgIpc) is 3.27. The van der Waals surface area contributed by atoms with Gasteiger partial charge in [-0.1, -0.05) is 67.7 Å². The van der Waals surface area contributed by atoms with E-state index in [4.69, 9.17) is 14.0 Å². The number of ether oxygens (including phenoxy) is 1. The number of esters is 1. The smallest absolute Gasteiger partial charge is 0.311 e. The zero-order valence-electron chi connectivity index (χ0n) is 24.3. The van der Waals surface area contributed by atoms with Crippen LogP contribution in [-0.4, -0.2) is 61.5 Å². The van der Waals surface area contributed by atoms with Gasteiger partial charge in [0.1, 0.15) is 6.61 Å². The Bertz CT molecular complexity index is 640. The van der Waals surface area contributed by atoms with Crippen molar-refractivity contribution < 1.29 is 23.9 Å². The Labute approximate surface area is 216 Å². The summed E-state index contributed by atoms with van der Waals surface area (Å²) >= 11 is 0. The van der Waals surface area contributed by atoms with Crippen LogP contribution >= 0.6 is 0 Å². The second-order valence-corrected chi connectivity index (χ2v) is 18.4. The molecule has 206 valence electrons. The maximum Gasteiger partial charge on any atom is 0.311 e. The highest BCUT2D eigenvalue weighted by Gasteiger charge is 2.54. The fraction of sp³-hybridized carbons (Fsp3) is 0.964. The first-order valence-electron chi connectivity index (χ1n) is 14.2. The lowest BCUT2D eigenvalue weighted by molar-refractivity contribution is -0.189. The van der Waals surface area contributed by atoms with Crippen LogP contribution in [0.15, 0.2) is 0 Å². The van der Waals surface area contributed by atoms with Crippen molar-refractivity contribution in [2.45, 2.75) is 161 Å². The summed E-state index contributed by atoms with van der Waals surface area (Å²) in [6, 6.07) is 0.307. The van der Waals surface area contributed by atoms with Gasteiger partial charge in [0.25, 0.3) is 0 Å². The monoisotopic (exact) mass is 513 g/mol. The Kier molecular flexibility index (Phi) is 11.3. The van der Waals surface area contributed by atoms with E-state index in [1.807, 2.05) is 20.8 Å². The van der Waals surface area contributed by atoms with Crippen LogP contribution in [0.3, 0.4) is 0 Å². The predicted molar refractivity (Wildman–Crippen MR) is 145 cm³/mol. The summed E-state index contributed by atoms with van der Waals surface area (Å²) in [5.74, 6) is -0.284. The molecule has 0 saturated carbocycles. The van der Waals surface area contributed by atoms with Crippen LogP contribution in [0.2, 0.25) is 16.6 Å². The lowest BCUT2D eigenvalue weighted by Crippen LogP contribution is -2.53. The van der Waals surface area contributed by atoms with Gasteiger partial charge in [-0.3, -0.25) is 9.63 Å². The van der Waals surface area contributed by atoms with Crippen molar-refractivity contribution >= 4 is 14.3 Å². The van der Waals surface area contributed by atoms with Crippen molar-refractivity contribution in [1.82, 2.24) is 5.06 Å². The molecule has 2 aliphatic rings. The molecule has 0 spiro atoms. The number of carbonyl (C=O) groups excluding carboxylic acids is 1. The maximum atomic E-state index is 12.2. The predicted octanol–water partition coefficient (Wildman–Crippen LogP) is 6.61. The first-order chi connectivity index (χ1) is 16.2. The Morgan fingerprint density at radius 3 is 2.17 bits per heavy atom. The summed E-state index contributed by atoms with van der Waals surface area (Å²) in [7, 11) is -2.09. The van der Waals surface area contributed by atoms with Gasteiger partial charge in [0, 0.05) is 6.04 Å². The number of fused-ring (bicyclic) bond motifs is 1. The molecule has 0 aromatic rings. The molecular weight excluding hydrogens is 458 g/mol. The maximum absolute atomic E-state index is 12.2. The highest BCUT2D eigenvalue weighted by atomic mass is 28.4.